The highest BCUT2D eigenvalue weighted by Crippen LogP contribution is 2.23. The predicted molar refractivity (Wildman–Crippen MR) is 114 cm³/mol. The summed E-state index contributed by atoms with van der Waals surface area (Å²) >= 11 is 0. The molecule has 1 saturated heterocycles. The van der Waals surface area contributed by atoms with Gasteiger partial charge in [-0.3, -0.25) is 4.79 Å². The van der Waals surface area contributed by atoms with Gasteiger partial charge >= 0.3 is 0 Å². The average Bonchev–Trinajstić information content (AvgIpc) is 3.46. The number of anilines is 1. The van der Waals surface area contributed by atoms with Gasteiger partial charge < -0.3 is 14.5 Å². The molecule has 3 aromatic rings. The van der Waals surface area contributed by atoms with Gasteiger partial charge in [-0.15, -0.1) is 0 Å². The van der Waals surface area contributed by atoms with Crippen molar-refractivity contribution in [2.75, 3.05) is 18.4 Å². The van der Waals surface area contributed by atoms with Crippen molar-refractivity contribution in [2.24, 2.45) is 7.05 Å². The molecule has 158 valence electrons. The summed E-state index contributed by atoms with van der Waals surface area (Å²) in [6.07, 6.45) is 6.93. The molecule has 0 atom stereocenters. The van der Waals surface area contributed by atoms with E-state index in [0.29, 0.717) is 31.0 Å². The Bertz CT molecular complexity index is 1160. The lowest BCUT2D eigenvalue weighted by Gasteiger charge is -2.13. The Hall–Kier alpha value is -2.91. The van der Waals surface area contributed by atoms with Gasteiger partial charge in [0, 0.05) is 51.0 Å². The number of carbonyl (C=O) groups is 1. The number of sulfonamides is 1. The first-order chi connectivity index (χ1) is 14.3. The first-order valence-corrected chi connectivity index (χ1v) is 11.3. The standard InChI is InChI=1S/C21H25N5O3S/c1-16-22-9-12-25(16)14-17-5-7-18(8-6-17)23-21(27)20-13-19(15-24(20)2)30(28,29)26-10-3-4-11-26/h5-9,12-13,15H,3-4,10-11,14H2,1-2H3,(H,23,27). The van der Waals surface area contributed by atoms with E-state index in [1.807, 2.05) is 42.0 Å². The van der Waals surface area contributed by atoms with Crippen LogP contribution in [0.5, 0.6) is 0 Å². The van der Waals surface area contributed by atoms with Crippen molar-refractivity contribution in [3.63, 3.8) is 0 Å². The molecule has 0 unspecified atom stereocenters. The predicted octanol–water partition coefficient (Wildman–Crippen LogP) is 2.62. The average molecular weight is 428 g/mol. The zero-order chi connectivity index (χ0) is 21.3. The minimum Gasteiger partial charge on any atom is -0.345 e. The molecule has 8 nitrogen and oxygen atoms in total. The molecule has 0 radical (unpaired) electrons. The van der Waals surface area contributed by atoms with Crippen LogP contribution in [-0.4, -0.2) is 45.8 Å². The summed E-state index contributed by atoms with van der Waals surface area (Å²) in [6, 6.07) is 9.01. The van der Waals surface area contributed by atoms with Gasteiger partial charge in [-0.1, -0.05) is 12.1 Å². The fourth-order valence-corrected chi connectivity index (χ4v) is 5.22. The van der Waals surface area contributed by atoms with Crippen LogP contribution in [0.25, 0.3) is 0 Å². The van der Waals surface area contributed by atoms with E-state index in [-0.39, 0.29) is 10.8 Å². The lowest BCUT2D eigenvalue weighted by molar-refractivity contribution is 0.101. The second-order valence-corrected chi connectivity index (χ2v) is 9.47. The number of benzene rings is 1. The van der Waals surface area contributed by atoms with E-state index in [1.54, 1.807) is 17.8 Å². The molecule has 1 amide bonds. The Labute approximate surface area is 176 Å². The van der Waals surface area contributed by atoms with Gasteiger partial charge in [0.05, 0.1) is 0 Å². The molecular weight excluding hydrogens is 402 g/mol. The monoisotopic (exact) mass is 427 g/mol. The fourth-order valence-electron chi connectivity index (χ4n) is 3.63. The van der Waals surface area contributed by atoms with Crippen molar-refractivity contribution in [2.45, 2.75) is 31.2 Å². The number of amides is 1. The molecule has 2 aromatic heterocycles. The summed E-state index contributed by atoms with van der Waals surface area (Å²) in [5, 5.41) is 2.84. The number of imidazole rings is 1. The Balaban J connectivity index is 1.46. The highest BCUT2D eigenvalue weighted by molar-refractivity contribution is 7.89. The molecule has 0 aliphatic carbocycles. The Morgan fingerprint density at radius 2 is 1.87 bits per heavy atom. The minimum atomic E-state index is -3.56. The second kappa shape index (κ2) is 8.08. The van der Waals surface area contributed by atoms with Crippen molar-refractivity contribution in [3.8, 4) is 0 Å². The quantitative estimate of drug-likeness (QED) is 0.655. The topological polar surface area (TPSA) is 89.2 Å². The van der Waals surface area contributed by atoms with Crippen LogP contribution in [0.4, 0.5) is 5.69 Å². The molecule has 1 aliphatic rings. The van der Waals surface area contributed by atoms with Gasteiger partial charge in [-0.05, 0) is 43.5 Å². The zero-order valence-electron chi connectivity index (χ0n) is 17.1. The maximum absolute atomic E-state index is 12.7. The smallest absolute Gasteiger partial charge is 0.272 e. The highest BCUT2D eigenvalue weighted by atomic mass is 32.2. The third-order valence-corrected chi connectivity index (χ3v) is 7.27. The molecule has 1 N–H and O–H groups in total. The van der Waals surface area contributed by atoms with Gasteiger partial charge in [-0.2, -0.15) is 4.31 Å². The molecule has 9 heteroatoms. The molecule has 1 aliphatic heterocycles. The molecule has 30 heavy (non-hydrogen) atoms. The molecule has 0 bridgehead atoms. The highest BCUT2D eigenvalue weighted by Gasteiger charge is 2.29. The van der Waals surface area contributed by atoms with E-state index >= 15 is 0 Å². The normalized spacial score (nSPS) is 14.9. The van der Waals surface area contributed by atoms with Gasteiger partial charge in [0.25, 0.3) is 5.91 Å². The van der Waals surface area contributed by atoms with Crippen LogP contribution < -0.4 is 5.32 Å². The van der Waals surface area contributed by atoms with Gasteiger partial charge in [0.1, 0.15) is 16.4 Å². The number of aryl methyl sites for hydroxylation is 2. The van der Waals surface area contributed by atoms with Gasteiger partial charge in [-0.25, -0.2) is 13.4 Å². The van der Waals surface area contributed by atoms with Crippen molar-refractivity contribution in [1.82, 2.24) is 18.4 Å². The summed E-state index contributed by atoms with van der Waals surface area (Å²) in [5.74, 6) is 0.592. The number of aromatic nitrogens is 3. The molecule has 0 saturated carbocycles. The fraction of sp³-hybridized carbons (Fsp3) is 0.333. The van der Waals surface area contributed by atoms with Crippen molar-refractivity contribution in [3.05, 3.63) is 66.0 Å². The number of nitrogens with one attached hydrogen (secondary N) is 1. The SMILES string of the molecule is Cc1nccn1Cc1ccc(NC(=O)c2cc(S(=O)(=O)N3CCCC3)cn2C)cc1. The third-order valence-electron chi connectivity index (χ3n) is 5.40. The van der Waals surface area contributed by atoms with Crippen LogP contribution in [0.2, 0.25) is 0 Å². The molecule has 1 aromatic carbocycles. The first kappa shape index (κ1) is 20.4. The number of hydrogen-bond donors (Lipinski definition) is 1. The van der Waals surface area contributed by atoms with E-state index in [4.69, 9.17) is 0 Å². The molecule has 1 fully saturated rings. The Kier molecular flexibility index (Phi) is 5.48. The summed E-state index contributed by atoms with van der Waals surface area (Å²) in [5.41, 5.74) is 2.04. The maximum atomic E-state index is 12.7. The maximum Gasteiger partial charge on any atom is 0.272 e. The van der Waals surface area contributed by atoms with E-state index in [1.165, 1.54) is 16.6 Å². The molecule has 3 heterocycles. The van der Waals surface area contributed by atoms with Crippen molar-refractivity contribution < 1.29 is 13.2 Å². The van der Waals surface area contributed by atoms with E-state index < -0.39 is 10.0 Å². The summed E-state index contributed by atoms with van der Waals surface area (Å²) in [4.78, 5) is 17.1. The van der Waals surface area contributed by atoms with Crippen LogP contribution in [0.1, 0.15) is 34.7 Å². The van der Waals surface area contributed by atoms with Crippen LogP contribution >= 0.6 is 0 Å². The van der Waals surface area contributed by atoms with Gasteiger partial charge in [0.15, 0.2) is 0 Å². The summed E-state index contributed by atoms with van der Waals surface area (Å²) in [6.45, 7) is 3.72. The van der Waals surface area contributed by atoms with Crippen molar-refractivity contribution in [1.29, 1.82) is 0 Å². The lowest BCUT2D eigenvalue weighted by atomic mass is 10.2. The van der Waals surface area contributed by atoms with E-state index in [0.717, 1.165) is 24.2 Å². The van der Waals surface area contributed by atoms with E-state index in [9.17, 15) is 13.2 Å². The van der Waals surface area contributed by atoms with Crippen LogP contribution in [0.3, 0.4) is 0 Å². The lowest BCUT2D eigenvalue weighted by Crippen LogP contribution is -2.27. The van der Waals surface area contributed by atoms with Crippen LogP contribution in [0.15, 0.2) is 53.8 Å². The summed E-state index contributed by atoms with van der Waals surface area (Å²) < 4.78 is 30.6. The molecule has 4 rings (SSSR count). The van der Waals surface area contributed by atoms with Gasteiger partial charge in [0.2, 0.25) is 10.0 Å². The number of rotatable bonds is 6. The van der Waals surface area contributed by atoms with Crippen LogP contribution in [-0.2, 0) is 23.6 Å². The second-order valence-electron chi connectivity index (χ2n) is 7.54. The number of hydrogen-bond acceptors (Lipinski definition) is 4. The zero-order valence-corrected chi connectivity index (χ0v) is 17.9. The summed E-state index contributed by atoms with van der Waals surface area (Å²) in [7, 11) is -1.88. The minimum absolute atomic E-state index is 0.156. The first-order valence-electron chi connectivity index (χ1n) is 9.89. The molecule has 0 spiro atoms. The number of carbonyl (C=O) groups excluding carboxylic acids is 1. The Morgan fingerprint density at radius 3 is 2.50 bits per heavy atom. The van der Waals surface area contributed by atoms with Crippen LogP contribution in [0, 0.1) is 6.92 Å². The number of nitrogens with zero attached hydrogens (tertiary/aromatic N) is 4. The molecular formula is C21H25N5O3S. The Morgan fingerprint density at radius 1 is 1.17 bits per heavy atom. The largest absolute Gasteiger partial charge is 0.345 e. The van der Waals surface area contributed by atoms with Crippen molar-refractivity contribution >= 4 is 21.6 Å². The van der Waals surface area contributed by atoms with E-state index in [2.05, 4.69) is 10.3 Å². The third kappa shape index (κ3) is 4.03.